The van der Waals surface area contributed by atoms with Crippen molar-refractivity contribution in [3.63, 3.8) is 0 Å². The Morgan fingerprint density at radius 2 is 2.20 bits per heavy atom. The molecule has 1 saturated heterocycles. The quantitative estimate of drug-likeness (QED) is 0.624. The number of pyridine rings is 1. The Bertz CT molecular complexity index is 474. The smallest absolute Gasteiger partial charge is 0.311 e. The zero-order valence-electron chi connectivity index (χ0n) is 11.7. The number of nitrogen functional groups attached to an aromatic ring is 1. The minimum atomic E-state index is -0.505. The summed E-state index contributed by atoms with van der Waals surface area (Å²) in [6, 6.07) is 3.11. The normalized spacial score (nSPS) is 16.1. The second-order valence-electron chi connectivity index (χ2n) is 5.06. The standard InChI is InChI=1S/C13H21N5O2/c1-2-17(9-10-5-7-15-8-6-10)12-4-3-11(18(19)20)13(14)16-12/h3-4,10,15H,2,5-9H2,1H3,(H2,14,16). The van der Waals surface area contributed by atoms with E-state index in [2.05, 4.69) is 22.1 Å². The average Bonchev–Trinajstić information content (AvgIpc) is 2.45. The van der Waals surface area contributed by atoms with Gasteiger partial charge in [-0.1, -0.05) is 0 Å². The lowest BCUT2D eigenvalue weighted by Gasteiger charge is -2.30. The third-order valence-corrected chi connectivity index (χ3v) is 3.73. The number of nitrogens with one attached hydrogen (secondary N) is 1. The highest BCUT2D eigenvalue weighted by atomic mass is 16.6. The van der Waals surface area contributed by atoms with Gasteiger partial charge in [-0.05, 0) is 44.8 Å². The molecule has 1 aromatic heterocycles. The van der Waals surface area contributed by atoms with E-state index in [0.717, 1.165) is 39.0 Å². The monoisotopic (exact) mass is 279 g/mol. The van der Waals surface area contributed by atoms with Crippen molar-refractivity contribution in [2.24, 2.45) is 5.92 Å². The van der Waals surface area contributed by atoms with Crippen LogP contribution in [0.2, 0.25) is 0 Å². The van der Waals surface area contributed by atoms with E-state index < -0.39 is 4.92 Å². The molecular weight excluding hydrogens is 258 g/mol. The van der Waals surface area contributed by atoms with E-state index in [9.17, 15) is 10.1 Å². The van der Waals surface area contributed by atoms with Crippen molar-refractivity contribution in [1.82, 2.24) is 10.3 Å². The summed E-state index contributed by atoms with van der Waals surface area (Å²) < 4.78 is 0. The van der Waals surface area contributed by atoms with Crippen molar-refractivity contribution >= 4 is 17.3 Å². The fourth-order valence-electron chi connectivity index (χ4n) is 2.55. The maximum absolute atomic E-state index is 10.8. The number of hydrogen-bond acceptors (Lipinski definition) is 6. The molecule has 0 spiro atoms. The number of nitrogens with zero attached hydrogens (tertiary/aromatic N) is 3. The molecule has 7 heteroatoms. The maximum atomic E-state index is 10.8. The number of rotatable bonds is 5. The van der Waals surface area contributed by atoms with Gasteiger partial charge in [0, 0.05) is 19.2 Å². The summed E-state index contributed by atoms with van der Waals surface area (Å²) in [6.07, 6.45) is 2.30. The van der Waals surface area contributed by atoms with Gasteiger partial charge in [0.25, 0.3) is 0 Å². The van der Waals surface area contributed by atoms with Crippen LogP contribution in [0.4, 0.5) is 17.3 Å². The average molecular weight is 279 g/mol. The number of anilines is 2. The van der Waals surface area contributed by atoms with Crippen molar-refractivity contribution in [2.45, 2.75) is 19.8 Å². The van der Waals surface area contributed by atoms with Gasteiger partial charge in [-0.25, -0.2) is 4.98 Å². The highest BCUT2D eigenvalue weighted by Gasteiger charge is 2.19. The summed E-state index contributed by atoms with van der Waals surface area (Å²) in [5.74, 6) is 1.33. The Morgan fingerprint density at radius 1 is 1.50 bits per heavy atom. The summed E-state index contributed by atoms with van der Waals surface area (Å²) in [7, 11) is 0. The lowest BCUT2D eigenvalue weighted by molar-refractivity contribution is -0.384. The first-order chi connectivity index (χ1) is 9.61. The molecule has 1 aliphatic heterocycles. The minimum absolute atomic E-state index is 0.0174. The molecule has 0 unspecified atom stereocenters. The number of aromatic nitrogens is 1. The van der Waals surface area contributed by atoms with Gasteiger partial charge < -0.3 is 16.0 Å². The maximum Gasteiger partial charge on any atom is 0.311 e. The second kappa shape index (κ2) is 6.51. The fraction of sp³-hybridized carbons (Fsp3) is 0.615. The highest BCUT2D eigenvalue weighted by molar-refractivity contribution is 5.57. The van der Waals surface area contributed by atoms with Crippen LogP contribution in [0.1, 0.15) is 19.8 Å². The first kappa shape index (κ1) is 14.5. The van der Waals surface area contributed by atoms with Crippen LogP contribution in [0.5, 0.6) is 0 Å². The van der Waals surface area contributed by atoms with Crippen LogP contribution >= 0.6 is 0 Å². The van der Waals surface area contributed by atoms with Crippen molar-refractivity contribution < 1.29 is 4.92 Å². The predicted molar refractivity (Wildman–Crippen MR) is 78.8 cm³/mol. The van der Waals surface area contributed by atoms with Gasteiger partial charge in [0.1, 0.15) is 5.82 Å². The molecule has 0 radical (unpaired) electrons. The van der Waals surface area contributed by atoms with Gasteiger partial charge in [0.05, 0.1) is 4.92 Å². The van der Waals surface area contributed by atoms with Crippen LogP contribution < -0.4 is 16.0 Å². The molecule has 1 fully saturated rings. The van der Waals surface area contributed by atoms with Crippen molar-refractivity contribution in [2.75, 3.05) is 36.8 Å². The van der Waals surface area contributed by atoms with E-state index in [1.165, 1.54) is 6.07 Å². The van der Waals surface area contributed by atoms with Crippen LogP contribution in [-0.4, -0.2) is 36.1 Å². The molecule has 0 aromatic carbocycles. The summed E-state index contributed by atoms with van der Waals surface area (Å²) in [6.45, 7) is 5.90. The van der Waals surface area contributed by atoms with E-state index in [0.29, 0.717) is 11.7 Å². The Balaban J connectivity index is 2.10. The van der Waals surface area contributed by atoms with Crippen LogP contribution in [0, 0.1) is 16.0 Å². The molecule has 0 saturated carbocycles. The van der Waals surface area contributed by atoms with E-state index in [1.807, 2.05) is 0 Å². The Labute approximate surface area is 118 Å². The summed E-state index contributed by atoms with van der Waals surface area (Å²) in [5.41, 5.74) is 5.53. The molecule has 0 atom stereocenters. The lowest BCUT2D eigenvalue weighted by atomic mass is 9.97. The number of nitro groups is 1. The summed E-state index contributed by atoms with van der Waals surface area (Å²) in [4.78, 5) is 16.6. The fourth-order valence-corrected chi connectivity index (χ4v) is 2.55. The third-order valence-electron chi connectivity index (χ3n) is 3.73. The largest absolute Gasteiger partial charge is 0.378 e. The molecule has 0 aliphatic carbocycles. The molecule has 20 heavy (non-hydrogen) atoms. The molecule has 2 heterocycles. The molecule has 110 valence electrons. The third kappa shape index (κ3) is 3.36. The molecular formula is C13H21N5O2. The Kier molecular flexibility index (Phi) is 4.73. The van der Waals surface area contributed by atoms with Crippen molar-refractivity contribution in [3.8, 4) is 0 Å². The van der Waals surface area contributed by atoms with Gasteiger partial charge in [0.2, 0.25) is 5.82 Å². The zero-order chi connectivity index (χ0) is 14.5. The van der Waals surface area contributed by atoms with Crippen molar-refractivity contribution in [3.05, 3.63) is 22.2 Å². The topological polar surface area (TPSA) is 97.3 Å². The van der Waals surface area contributed by atoms with Crippen LogP contribution in [0.3, 0.4) is 0 Å². The summed E-state index contributed by atoms with van der Waals surface area (Å²) >= 11 is 0. The highest BCUT2D eigenvalue weighted by Crippen LogP contribution is 2.24. The van der Waals surface area contributed by atoms with E-state index in [1.54, 1.807) is 6.07 Å². The lowest BCUT2D eigenvalue weighted by Crippen LogP contribution is -2.36. The predicted octanol–water partition coefficient (Wildman–Crippen LogP) is 1.40. The molecule has 7 nitrogen and oxygen atoms in total. The molecule has 1 aliphatic rings. The van der Waals surface area contributed by atoms with Gasteiger partial charge in [-0.15, -0.1) is 0 Å². The first-order valence-corrected chi connectivity index (χ1v) is 6.98. The molecule has 1 aromatic rings. The number of nitrogens with two attached hydrogens (primary N) is 1. The zero-order valence-corrected chi connectivity index (χ0v) is 11.7. The van der Waals surface area contributed by atoms with Gasteiger partial charge in [-0.2, -0.15) is 0 Å². The second-order valence-corrected chi connectivity index (χ2v) is 5.06. The van der Waals surface area contributed by atoms with Gasteiger partial charge in [-0.3, -0.25) is 10.1 Å². The van der Waals surface area contributed by atoms with Crippen LogP contribution in [0.25, 0.3) is 0 Å². The van der Waals surface area contributed by atoms with Crippen LogP contribution in [-0.2, 0) is 0 Å². The number of hydrogen-bond donors (Lipinski definition) is 2. The molecule has 0 bridgehead atoms. The molecule has 2 rings (SSSR count). The molecule has 3 N–H and O–H groups in total. The SMILES string of the molecule is CCN(CC1CCNCC1)c1ccc([N+](=O)[O-])c(N)n1. The minimum Gasteiger partial charge on any atom is -0.378 e. The summed E-state index contributed by atoms with van der Waals surface area (Å²) in [5, 5.41) is 14.1. The first-order valence-electron chi connectivity index (χ1n) is 6.98. The van der Waals surface area contributed by atoms with Crippen molar-refractivity contribution in [1.29, 1.82) is 0 Å². The number of piperidine rings is 1. The van der Waals surface area contributed by atoms with E-state index in [4.69, 9.17) is 5.73 Å². The Morgan fingerprint density at radius 3 is 2.75 bits per heavy atom. The van der Waals surface area contributed by atoms with Gasteiger partial charge in [0.15, 0.2) is 0 Å². The van der Waals surface area contributed by atoms with E-state index >= 15 is 0 Å². The molecule has 0 amide bonds. The van der Waals surface area contributed by atoms with Crippen LogP contribution in [0.15, 0.2) is 12.1 Å². The Hall–Kier alpha value is -1.89. The van der Waals surface area contributed by atoms with Gasteiger partial charge >= 0.3 is 5.69 Å². The van der Waals surface area contributed by atoms with E-state index in [-0.39, 0.29) is 11.5 Å².